The van der Waals surface area contributed by atoms with Crippen LogP contribution >= 0.6 is 0 Å². The Balaban J connectivity index is 1.19. The van der Waals surface area contributed by atoms with Gasteiger partial charge in [-0.1, -0.05) is 188 Å². The van der Waals surface area contributed by atoms with Gasteiger partial charge in [-0.2, -0.15) is 0 Å². The number of hydrogen-bond donors (Lipinski definition) is 0. The number of furan rings is 1. The van der Waals surface area contributed by atoms with Crippen molar-refractivity contribution in [3.05, 3.63) is 247 Å². The summed E-state index contributed by atoms with van der Waals surface area (Å²) in [4.78, 5) is 2.43. The number of nitrogens with zero attached hydrogens (tertiary/aromatic N) is 1. The van der Waals surface area contributed by atoms with Crippen LogP contribution in [0.5, 0.6) is 0 Å². The van der Waals surface area contributed by atoms with Crippen molar-refractivity contribution in [2.75, 3.05) is 4.90 Å². The fraction of sp³-hybridized carbons (Fsp3) is 0.0182. The lowest BCUT2D eigenvalue weighted by molar-refractivity contribution is 0.648. The van der Waals surface area contributed by atoms with Crippen LogP contribution in [0.4, 0.5) is 17.1 Å². The van der Waals surface area contributed by atoms with Gasteiger partial charge in [0.25, 0.3) is 0 Å². The lowest BCUT2D eigenvalue weighted by Gasteiger charge is -2.34. The summed E-state index contributed by atoms with van der Waals surface area (Å²) in [5.74, 6) is 0. The molecule has 10 aromatic rings. The minimum absolute atomic E-state index is 0.656. The molecule has 1 aliphatic rings. The molecular weight excluding hydrogens is 691 g/mol. The fourth-order valence-corrected chi connectivity index (χ4v) is 9.28. The molecule has 0 aliphatic heterocycles. The molecule has 0 saturated heterocycles. The first kappa shape index (κ1) is 33.0. The molecule has 0 radical (unpaired) electrons. The van der Waals surface area contributed by atoms with E-state index in [1.165, 1.54) is 50.1 Å². The third-order valence-electron chi connectivity index (χ3n) is 11.8. The molecule has 2 nitrogen and oxygen atoms in total. The molecule has 1 heterocycles. The highest BCUT2D eigenvalue weighted by Crippen LogP contribution is 2.60. The molecule has 0 spiro atoms. The molecule has 1 aliphatic carbocycles. The van der Waals surface area contributed by atoms with Crippen molar-refractivity contribution in [3.8, 4) is 33.4 Å². The van der Waals surface area contributed by atoms with E-state index < -0.39 is 5.41 Å². The van der Waals surface area contributed by atoms with Crippen LogP contribution in [-0.2, 0) is 5.41 Å². The average molecular weight is 728 g/mol. The first-order valence-corrected chi connectivity index (χ1v) is 19.6. The van der Waals surface area contributed by atoms with Gasteiger partial charge in [0.15, 0.2) is 0 Å². The number of rotatable bonds is 7. The second-order valence-electron chi connectivity index (χ2n) is 14.8. The van der Waals surface area contributed by atoms with Gasteiger partial charge in [-0.3, -0.25) is 0 Å². The second-order valence-corrected chi connectivity index (χ2v) is 14.8. The summed E-state index contributed by atoms with van der Waals surface area (Å²) in [5, 5.41) is 2.25. The molecular formula is C55H37NO. The molecule has 0 bridgehead atoms. The smallest absolute Gasteiger partial charge is 0.140 e. The van der Waals surface area contributed by atoms with E-state index in [1.54, 1.807) is 0 Å². The Morgan fingerprint density at radius 1 is 0.351 bits per heavy atom. The van der Waals surface area contributed by atoms with Crippen molar-refractivity contribution in [1.82, 2.24) is 0 Å². The van der Waals surface area contributed by atoms with Crippen molar-refractivity contribution < 1.29 is 4.42 Å². The lowest BCUT2D eigenvalue weighted by atomic mass is 9.67. The molecule has 1 atom stereocenters. The van der Waals surface area contributed by atoms with Crippen LogP contribution in [0.2, 0.25) is 0 Å². The van der Waals surface area contributed by atoms with E-state index in [0.29, 0.717) is 0 Å². The largest absolute Gasteiger partial charge is 0.456 e. The Hall–Kier alpha value is -7.42. The van der Waals surface area contributed by atoms with Crippen LogP contribution in [0.3, 0.4) is 0 Å². The van der Waals surface area contributed by atoms with E-state index in [-0.39, 0.29) is 0 Å². The molecule has 0 fully saturated rings. The molecule has 11 rings (SSSR count). The fourth-order valence-electron chi connectivity index (χ4n) is 9.28. The zero-order valence-corrected chi connectivity index (χ0v) is 31.2. The molecule has 1 unspecified atom stereocenters. The van der Waals surface area contributed by atoms with Gasteiger partial charge in [-0.15, -0.1) is 0 Å². The number of hydrogen-bond acceptors (Lipinski definition) is 2. The highest BCUT2D eigenvalue weighted by atomic mass is 16.3. The van der Waals surface area contributed by atoms with E-state index in [2.05, 4.69) is 229 Å². The maximum absolute atomic E-state index is 6.87. The van der Waals surface area contributed by atoms with Crippen molar-refractivity contribution in [1.29, 1.82) is 0 Å². The van der Waals surface area contributed by atoms with Crippen molar-refractivity contribution in [2.45, 2.75) is 5.41 Å². The van der Waals surface area contributed by atoms with Crippen molar-refractivity contribution in [3.63, 3.8) is 0 Å². The zero-order chi connectivity index (χ0) is 37.8. The number of para-hydroxylation sites is 2. The lowest BCUT2D eigenvalue weighted by Crippen LogP contribution is -2.28. The third kappa shape index (κ3) is 5.18. The van der Waals surface area contributed by atoms with Gasteiger partial charge >= 0.3 is 0 Å². The third-order valence-corrected chi connectivity index (χ3v) is 11.8. The summed E-state index contributed by atoms with van der Waals surface area (Å²) in [6.07, 6.45) is 0. The summed E-state index contributed by atoms with van der Waals surface area (Å²) < 4.78 is 6.87. The molecule has 2 heteroatoms. The summed E-state index contributed by atoms with van der Waals surface area (Å²) in [6, 6.07) is 81.1. The highest BCUT2D eigenvalue weighted by molar-refractivity contribution is 6.08. The van der Waals surface area contributed by atoms with E-state index in [0.717, 1.165) is 44.6 Å². The summed E-state index contributed by atoms with van der Waals surface area (Å²) >= 11 is 0. The molecule has 0 amide bonds. The topological polar surface area (TPSA) is 16.4 Å². The Kier molecular flexibility index (Phi) is 7.75. The van der Waals surface area contributed by atoms with Gasteiger partial charge in [-0.05, 0) is 80.9 Å². The van der Waals surface area contributed by atoms with Crippen LogP contribution in [0.15, 0.2) is 229 Å². The molecule has 57 heavy (non-hydrogen) atoms. The number of anilines is 3. The first-order chi connectivity index (χ1) is 28.3. The summed E-state index contributed by atoms with van der Waals surface area (Å²) in [7, 11) is 0. The summed E-state index contributed by atoms with van der Waals surface area (Å²) in [5.41, 5.74) is 16.5. The van der Waals surface area contributed by atoms with Crippen LogP contribution < -0.4 is 4.90 Å². The van der Waals surface area contributed by atoms with Gasteiger partial charge in [0.2, 0.25) is 0 Å². The van der Waals surface area contributed by atoms with Crippen LogP contribution in [0.25, 0.3) is 55.3 Å². The average Bonchev–Trinajstić information content (AvgIpc) is 3.83. The van der Waals surface area contributed by atoms with E-state index in [9.17, 15) is 0 Å². The van der Waals surface area contributed by atoms with Gasteiger partial charge in [0, 0.05) is 33.3 Å². The Labute approximate surface area is 332 Å². The van der Waals surface area contributed by atoms with Gasteiger partial charge < -0.3 is 9.32 Å². The number of fused-ring (bicyclic) bond motifs is 6. The highest BCUT2D eigenvalue weighted by Gasteiger charge is 2.48. The molecule has 1 aromatic heterocycles. The SMILES string of the molecule is c1ccc(-c2ccc(N(c3ccc(-c4ccccc4)cc3)c3cccc4c3-c3ccccc3C4(c3ccccc3)c3cccc4c3oc3ccccc34)cc2)cc1. The minimum atomic E-state index is -0.656. The van der Waals surface area contributed by atoms with E-state index in [4.69, 9.17) is 4.42 Å². The predicted molar refractivity (Wildman–Crippen MR) is 237 cm³/mol. The van der Waals surface area contributed by atoms with Crippen molar-refractivity contribution >= 4 is 39.0 Å². The Morgan fingerprint density at radius 2 is 0.842 bits per heavy atom. The molecule has 0 saturated carbocycles. The van der Waals surface area contributed by atoms with E-state index >= 15 is 0 Å². The summed E-state index contributed by atoms with van der Waals surface area (Å²) in [6.45, 7) is 0. The van der Waals surface area contributed by atoms with Gasteiger partial charge in [0.05, 0.1) is 11.1 Å². The standard InChI is InChI=1S/C55H37NO/c1-4-16-38(17-5-1)40-30-34-43(35-31-40)56(44-36-32-41(33-37-44)39-18-6-2-7-19-39)51-28-15-26-49-53(51)47-23-10-12-25-48(47)55(49,42-20-8-3-9-21-42)50-27-14-24-46-45-22-11-13-29-52(45)57-54(46)50/h1-37H. The van der Waals surface area contributed by atoms with Gasteiger partial charge in [-0.25, -0.2) is 0 Å². The Bertz CT molecular complexity index is 2960. The quantitative estimate of drug-likeness (QED) is 0.163. The van der Waals surface area contributed by atoms with Crippen molar-refractivity contribution in [2.24, 2.45) is 0 Å². The molecule has 9 aromatic carbocycles. The first-order valence-electron chi connectivity index (χ1n) is 19.6. The number of benzene rings is 9. The molecule has 0 N–H and O–H groups in total. The second kappa shape index (κ2) is 13.4. The zero-order valence-electron chi connectivity index (χ0n) is 31.2. The van der Waals surface area contributed by atoms with Crippen LogP contribution in [0.1, 0.15) is 22.3 Å². The predicted octanol–water partition coefficient (Wildman–Crippen LogP) is 14.8. The Morgan fingerprint density at radius 3 is 1.51 bits per heavy atom. The van der Waals surface area contributed by atoms with Crippen LogP contribution in [0, 0.1) is 0 Å². The van der Waals surface area contributed by atoms with E-state index in [1.807, 2.05) is 0 Å². The maximum Gasteiger partial charge on any atom is 0.140 e. The van der Waals surface area contributed by atoms with Gasteiger partial charge in [0.1, 0.15) is 11.2 Å². The molecule has 268 valence electrons. The van der Waals surface area contributed by atoms with Crippen LogP contribution in [-0.4, -0.2) is 0 Å². The monoisotopic (exact) mass is 727 g/mol. The maximum atomic E-state index is 6.87. The minimum Gasteiger partial charge on any atom is -0.456 e. The normalized spacial score (nSPS) is 14.4.